The van der Waals surface area contributed by atoms with Crippen molar-refractivity contribution in [1.82, 2.24) is 9.55 Å². The zero-order valence-corrected chi connectivity index (χ0v) is 19.4. The third-order valence-electron chi connectivity index (χ3n) is 5.95. The van der Waals surface area contributed by atoms with Crippen molar-refractivity contribution in [3.05, 3.63) is 76.2 Å². The first-order valence-corrected chi connectivity index (χ1v) is 11.6. The van der Waals surface area contributed by atoms with Gasteiger partial charge in [0.25, 0.3) is 5.56 Å². The lowest BCUT2D eigenvalue weighted by atomic mass is 9.83. The normalized spacial score (nSPS) is 16.0. The number of hydrogen-bond donors (Lipinski definition) is 1. The molecule has 0 radical (unpaired) electrons. The number of aromatic nitrogens is 2. The minimum Gasteiger partial charge on any atom is -0.396 e. The number of likely N-dealkylation sites (N-methyl/N-ethyl adjacent to an activating group) is 1. The lowest BCUT2D eigenvalue weighted by molar-refractivity contribution is -0.112. The monoisotopic (exact) mass is 449 g/mol. The maximum atomic E-state index is 13.0. The Hall–Kier alpha value is -2.90. The third-order valence-corrected chi connectivity index (χ3v) is 6.95. The summed E-state index contributed by atoms with van der Waals surface area (Å²) in [5.41, 5.74) is 3.45. The summed E-state index contributed by atoms with van der Waals surface area (Å²) >= 11 is 1.26. The predicted molar refractivity (Wildman–Crippen MR) is 129 cm³/mol. The van der Waals surface area contributed by atoms with Crippen LogP contribution in [0.5, 0.6) is 0 Å². The van der Waals surface area contributed by atoms with E-state index in [1.807, 2.05) is 31.3 Å². The van der Waals surface area contributed by atoms with Gasteiger partial charge in [0.2, 0.25) is 0 Å². The summed E-state index contributed by atoms with van der Waals surface area (Å²) in [6.45, 7) is 4.59. The van der Waals surface area contributed by atoms with Crippen LogP contribution in [-0.4, -0.2) is 39.8 Å². The second-order valence-electron chi connectivity index (χ2n) is 8.43. The fourth-order valence-electron chi connectivity index (χ4n) is 4.27. The highest BCUT2D eigenvalue weighted by molar-refractivity contribution is 7.99. The van der Waals surface area contributed by atoms with E-state index in [-0.39, 0.29) is 29.1 Å². The molecule has 0 fully saturated rings. The summed E-state index contributed by atoms with van der Waals surface area (Å²) in [7, 11) is 1.98. The number of hydrogen-bond acceptors (Lipinski definition) is 6. The van der Waals surface area contributed by atoms with Crippen molar-refractivity contribution in [2.75, 3.05) is 24.3 Å². The molecule has 1 aliphatic heterocycles. The molecule has 1 aliphatic rings. The Morgan fingerprint density at radius 2 is 1.88 bits per heavy atom. The molecule has 2 aromatic carbocycles. The van der Waals surface area contributed by atoms with Gasteiger partial charge in [-0.1, -0.05) is 55.9 Å². The molecule has 1 aromatic heterocycles. The van der Waals surface area contributed by atoms with Crippen LogP contribution in [-0.2, 0) is 16.8 Å². The van der Waals surface area contributed by atoms with Crippen LogP contribution in [0.1, 0.15) is 25.8 Å². The molecule has 1 N–H and O–H groups in total. The SMILES string of the molecule is CN1/C(=C/C(=O)CSc2nc3ccccc3c(=O)n2CCCO)C(C)(C)c2ccccc21. The van der Waals surface area contributed by atoms with Gasteiger partial charge in [0.1, 0.15) is 0 Å². The first-order chi connectivity index (χ1) is 15.3. The number of ketones is 1. The zero-order valence-electron chi connectivity index (χ0n) is 18.5. The van der Waals surface area contributed by atoms with E-state index in [2.05, 4.69) is 35.9 Å². The van der Waals surface area contributed by atoms with Crippen LogP contribution in [0.25, 0.3) is 10.9 Å². The number of carbonyl (C=O) groups is 1. The van der Waals surface area contributed by atoms with Crippen LogP contribution >= 0.6 is 11.8 Å². The van der Waals surface area contributed by atoms with E-state index in [1.165, 1.54) is 17.3 Å². The number of allylic oxidation sites excluding steroid dienone is 2. The molecule has 6 nitrogen and oxygen atoms in total. The van der Waals surface area contributed by atoms with Crippen LogP contribution in [0.3, 0.4) is 0 Å². The Morgan fingerprint density at radius 1 is 1.16 bits per heavy atom. The van der Waals surface area contributed by atoms with Gasteiger partial charge in [0.15, 0.2) is 10.9 Å². The maximum absolute atomic E-state index is 13.0. The summed E-state index contributed by atoms with van der Waals surface area (Å²) in [6.07, 6.45) is 2.16. The molecule has 0 aliphatic carbocycles. The van der Waals surface area contributed by atoms with E-state index in [1.54, 1.807) is 22.8 Å². The van der Waals surface area contributed by atoms with Crippen molar-refractivity contribution in [3.63, 3.8) is 0 Å². The fourth-order valence-corrected chi connectivity index (χ4v) is 5.12. The summed E-state index contributed by atoms with van der Waals surface area (Å²) in [6, 6.07) is 15.4. The van der Waals surface area contributed by atoms with Crippen LogP contribution in [0, 0.1) is 0 Å². The van der Waals surface area contributed by atoms with Crippen molar-refractivity contribution in [1.29, 1.82) is 0 Å². The number of aliphatic hydroxyl groups excluding tert-OH is 1. The van der Waals surface area contributed by atoms with Gasteiger partial charge in [0, 0.05) is 43.1 Å². The summed E-state index contributed by atoms with van der Waals surface area (Å²) in [4.78, 5) is 32.6. The van der Waals surface area contributed by atoms with Gasteiger partial charge in [-0.15, -0.1) is 0 Å². The Balaban J connectivity index is 1.60. The molecule has 4 rings (SSSR count). The van der Waals surface area contributed by atoms with Crippen molar-refractivity contribution in [2.45, 2.75) is 37.4 Å². The summed E-state index contributed by atoms with van der Waals surface area (Å²) in [5, 5.41) is 10.3. The average molecular weight is 450 g/mol. The molecule has 3 aromatic rings. The number of benzene rings is 2. The molecule has 0 saturated heterocycles. The van der Waals surface area contributed by atoms with Crippen LogP contribution in [0.15, 0.2) is 70.3 Å². The molecular weight excluding hydrogens is 422 g/mol. The molecule has 0 atom stereocenters. The predicted octanol–water partition coefficient (Wildman–Crippen LogP) is 3.75. The van der Waals surface area contributed by atoms with Gasteiger partial charge in [0.05, 0.1) is 16.7 Å². The molecule has 7 heteroatoms. The van der Waals surface area contributed by atoms with Crippen LogP contribution in [0.2, 0.25) is 0 Å². The minimum atomic E-state index is -0.268. The third kappa shape index (κ3) is 3.98. The van der Waals surface area contributed by atoms with E-state index in [0.717, 1.165) is 11.4 Å². The highest BCUT2D eigenvalue weighted by Crippen LogP contribution is 2.46. The molecule has 0 spiro atoms. The first kappa shape index (κ1) is 22.3. The van der Waals surface area contributed by atoms with Gasteiger partial charge in [-0.3, -0.25) is 14.2 Å². The second-order valence-corrected chi connectivity index (χ2v) is 9.37. The van der Waals surface area contributed by atoms with E-state index in [9.17, 15) is 14.7 Å². The van der Waals surface area contributed by atoms with Crippen molar-refractivity contribution in [2.24, 2.45) is 0 Å². The van der Waals surface area contributed by atoms with Crippen molar-refractivity contribution < 1.29 is 9.90 Å². The molecule has 166 valence electrons. The number of para-hydroxylation sites is 2. The van der Waals surface area contributed by atoms with Crippen LogP contribution in [0.4, 0.5) is 5.69 Å². The van der Waals surface area contributed by atoms with E-state index in [4.69, 9.17) is 0 Å². The highest BCUT2D eigenvalue weighted by atomic mass is 32.2. The number of anilines is 1. The number of aliphatic hydroxyl groups is 1. The Kier molecular flexibility index (Phi) is 6.22. The van der Waals surface area contributed by atoms with Gasteiger partial charge in [-0.25, -0.2) is 4.98 Å². The van der Waals surface area contributed by atoms with Crippen molar-refractivity contribution >= 4 is 34.1 Å². The smallest absolute Gasteiger partial charge is 0.262 e. The maximum Gasteiger partial charge on any atom is 0.262 e. The minimum absolute atomic E-state index is 0.0175. The lowest BCUT2D eigenvalue weighted by Gasteiger charge is -2.24. The number of thioether (sulfide) groups is 1. The molecule has 0 saturated carbocycles. The van der Waals surface area contributed by atoms with E-state index in [0.29, 0.717) is 29.0 Å². The lowest BCUT2D eigenvalue weighted by Crippen LogP contribution is -2.25. The number of carbonyl (C=O) groups excluding carboxylic acids is 1. The number of nitrogens with zero attached hydrogens (tertiary/aromatic N) is 3. The zero-order chi connectivity index (χ0) is 22.9. The Morgan fingerprint density at radius 3 is 2.62 bits per heavy atom. The van der Waals surface area contributed by atoms with Gasteiger partial charge >= 0.3 is 0 Å². The van der Waals surface area contributed by atoms with E-state index < -0.39 is 0 Å². The quantitative estimate of drug-likeness (QED) is 0.336. The van der Waals surface area contributed by atoms with Gasteiger partial charge in [-0.2, -0.15) is 0 Å². The standard InChI is InChI=1S/C25H27N3O3S/c1-25(2)19-10-5-7-12-21(19)27(3)22(25)15-17(30)16-32-24-26-20-11-6-4-9-18(20)23(31)28(24)13-8-14-29/h4-7,9-12,15,29H,8,13-14,16H2,1-3H3/b22-15+. The molecule has 2 heterocycles. The number of fused-ring (bicyclic) bond motifs is 2. The molecular formula is C25H27N3O3S. The first-order valence-electron chi connectivity index (χ1n) is 10.7. The molecule has 0 amide bonds. The molecule has 0 unspecified atom stereocenters. The van der Waals surface area contributed by atoms with Gasteiger partial charge < -0.3 is 10.0 Å². The molecule has 32 heavy (non-hydrogen) atoms. The number of rotatable bonds is 7. The Labute approximate surface area is 191 Å². The van der Waals surface area contributed by atoms with E-state index >= 15 is 0 Å². The largest absolute Gasteiger partial charge is 0.396 e. The second kappa shape index (κ2) is 8.92. The molecule has 0 bridgehead atoms. The summed E-state index contributed by atoms with van der Waals surface area (Å²) < 4.78 is 1.56. The van der Waals surface area contributed by atoms with Crippen molar-refractivity contribution in [3.8, 4) is 0 Å². The highest BCUT2D eigenvalue weighted by Gasteiger charge is 2.38. The summed E-state index contributed by atoms with van der Waals surface area (Å²) in [5.74, 6) is 0.141. The van der Waals surface area contributed by atoms with Gasteiger partial charge in [-0.05, 0) is 30.2 Å². The fraction of sp³-hybridized carbons (Fsp3) is 0.320. The average Bonchev–Trinajstić information content (AvgIpc) is 2.98. The topological polar surface area (TPSA) is 75.4 Å². The van der Waals surface area contributed by atoms with Crippen LogP contribution < -0.4 is 10.5 Å². The Bertz CT molecular complexity index is 1260.